The summed E-state index contributed by atoms with van der Waals surface area (Å²) < 4.78 is 13.1. The molecule has 1 aromatic carbocycles. The predicted octanol–water partition coefficient (Wildman–Crippen LogP) is 2.45. The molecule has 1 fully saturated rings. The molecule has 1 aliphatic rings. The first kappa shape index (κ1) is 21.3. The Kier molecular flexibility index (Phi) is 6.92. The van der Waals surface area contributed by atoms with Crippen LogP contribution < -0.4 is 5.32 Å². The molecule has 1 amide bonds. The number of aromatic nitrogens is 1. The van der Waals surface area contributed by atoms with E-state index in [2.05, 4.69) is 10.3 Å². The normalized spacial score (nSPS) is 18.6. The molecular formula is C20H27FN6OS. The van der Waals surface area contributed by atoms with Gasteiger partial charge in [-0.15, -0.1) is 0 Å². The number of carbonyl (C=O) groups is 1. The molecule has 7 nitrogen and oxygen atoms in total. The number of aromatic amines is 1. The summed E-state index contributed by atoms with van der Waals surface area (Å²) in [5.41, 5.74) is 2.16. The van der Waals surface area contributed by atoms with Crippen LogP contribution in [0.1, 0.15) is 12.5 Å². The van der Waals surface area contributed by atoms with Crippen molar-refractivity contribution in [3.05, 3.63) is 36.0 Å². The van der Waals surface area contributed by atoms with Crippen molar-refractivity contribution in [2.75, 3.05) is 33.4 Å². The maximum absolute atomic E-state index is 13.1. The molecular weight excluding hydrogens is 391 g/mol. The average Bonchev–Trinajstić information content (AvgIpc) is 3.11. The van der Waals surface area contributed by atoms with Crippen LogP contribution in [0.15, 0.2) is 30.5 Å². The lowest BCUT2D eigenvalue weighted by Crippen LogP contribution is -2.53. The summed E-state index contributed by atoms with van der Waals surface area (Å²) >= 11 is 0.814. The summed E-state index contributed by atoms with van der Waals surface area (Å²) in [6.45, 7) is 3.05. The van der Waals surface area contributed by atoms with Gasteiger partial charge in [0.25, 0.3) is 5.91 Å². The third-order valence-electron chi connectivity index (χ3n) is 5.23. The van der Waals surface area contributed by atoms with Gasteiger partial charge in [0.2, 0.25) is 0 Å². The van der Waals surface area contributed by atoms with Crippen LogP contribution in [-0.2, 0) is 11.2 Å². The third kappa shape index (κ3) is 5.16. The van der Waals surface area contributed by atoms with Gasteiger partial charge in [-0.2, -0.15) is 0 Å². The van der Waals surface area contributed by atoms with Crippen LogP contribution in [-0.4, -0.2) is 76.3 Å². The molecule has 0 saturated carbocycles. The van der Waals surface area contributed by atoms with E-state index >= 15 is 0 Å². The van der Waals surface area contributed by atoms with E-state index in [0.717, 1.165) is 28.2 Å². The number of hydrogen-bond acceptors (Lipinski definition) is 5. The fourth-order valence-corrected chi connectivity index (χ4v) is 4.12. The number of nitrogens with one attached hydrogen (secondary N) is 4. The SMILES string of the molecule is CC(Cc1c[nH]c2ccccc12)NC(=O)C(=N)SC(=N)N1CCN(C)C(CF)C1. The molecule has 2 atom stereocenters. The van der Waals surface area contributed by atoms with Gasteiger partial charge in [-0.1, -0.05) is 18.2 Å². The van der Waals surface area contributed by atoms with Crippen molar-refractivity contribution < 1.29 is 9.18 Å². The molecule has 4 N–H and O–H groups in total. The van der Waals surface area contributed by atoms with Crippen molar-refractivity contribution in [2.24, 2.45) is 0 Å². The standard InChI is InChI=1S/C20H27FN6OS/c1-13(9-14-11-24-17-6-4-3-5-16(14)17)25-19(28)18(22)29-20(23)27-8-7-26(2)15(10-21)12-27/h3-6,11,13,15,22-24H,7-10,12H2,1-2H3,(H,25,28). The number of halogens is 1. The first-order chi connectivity index (χ1) is 13.9. The second kappa shape index (κ2) is 9.41. The fourth-order valence-electron chi connectivity index (χ4n) is 3.48. The zero-order valence-corrected chi connectivity index (χ0v) is 17.5. The highest BCUT2D eigenvalue weighted by Gasteiger charge is 2.27. The Labute approximate surface area is 174 Å². The zero-order valence-electron chi connectivity index (χ0n) is 16.7. The van der Waals surface area contributed by atoms with Gasteiger partial charge >= 0.3 is 0 Å². The van der Waals surface area contributed by atoms with Crippen LogP contribution in [0.3, 0.4) is 0 Å². The van der Waals surface area contributed by atoms with Gasteiger partial charge in [-0.3, -0.25) is 20.5 Å². The minimum Gasteiger partial charge on any atom is -0.361 e. The van der Waals surface area contributed by atoms with Gasteiger partial charge in [0.1, 0.15) is 6.67 Å². The first-order valence-electron chi connectivity index (χ1n) is 9.61. The van der Waals surface area contributed by atoms with Crippen molar-refractivity contribution in [3.63, 3.8) is 0 Å². The molecule has 9 heteroatoms. The first-order valence-corrected chi connectivity index (χ1v) is 10.4. The number of nitrogens with zero attached hydrogens (tertiary/aromatic N) is 2. The van der Waals surface area contributed by atoms with Crippen molar-refractivity contribution in [3.8, 4) is 0 Å². The second-order valence-corrected chi connectivity index (χ2v) is 8.41. The molecule has 0 aliphatic carbocycles. The van der Waals surface area contributed by atoms with Crippen molar-refractivity contribution in [1.29, 1.82) is 10.8 Å². The molecule has 0 radical (unpaired) electrons. The summed E-state index contributed by atoms with van der Waals surface area (Å²) in [7, 11) is 1.86. The largest absolute Gasteiger partial charge is 0.361 e. The van der Waals surface area contributed by atoms with E-state index in [-0.39, 0.29) is 22.3 Å². The van der Waals surface area contributed by atoms with Crippen LogP contribution in [0.2, 0.25) is 0 Å². The number of rotatable bonds is 4. The topological polar surface area (TPSA) is 99.1 Å². The highest BCUT2D eigenvalue weighted by molar-refractivity contribution is 8.27. The minimum absolute atomic E-state index is 0.112. The lowest BCUT2D eigenvalue weighted by molar-refractivity contribution is -0.115. The predicted molar refractivity (Wildman–Crippen MR) is 117 cm³/mol. The number of para-hydroxylation sites is 1. The third-order valence-corrected chi connectivity index (χ3v) is 6.07. The number of fused-ring (bicyclic) bond motifs is 1. The Bertz CT molecular complexity index is 900. The molecule has 0 bridgehead atoms. The Balaban J connectivity index is 1.51. The summed E-state index contributed by atoms with van der Waals surface area (Å²) in [6.07, 6.45) is 2.58. The molecule has 0 spiro atoms. The molecule has 156 valence electrons. The Morgan fingerprint density at radius 2 is 2.14 bits per heavy atom. The van der Waals surface area contributed by atoms with E-state index in [0.29, 0.717) is 26.1 Å². The number of piperazine rings is 1. The number of thioether (sulfide) groups is 1. The average molecular weight is 419 g/mol. The molecule has 3 rings (SSSR count). The minimum atomic E-state index is -0.497. The van der Waals surface area contributed by atoms with Gasteiger partial charge in [-0.05, 0) is 43.8 Å². The number of likely N-dealkylation sites (N-methyl/N-ethyl adjacent to an activating group) is 1. The lowest BCUT2D eigenvalue weighted by atomic mass is 10.1. The van der Waals surface area contributed by atoms with Gasteiger partial charge < -0.3 is 15.2 Å². The summed E-state index contributed by atoms with van der Waals surface area (Å²) in [4.78, 5) is 19.3. The molecule has 1 aromatic heterocycles. The number of alkyl halides is 1. The fraction of sp³-hybridized carbons (Fsp3) is 0.450. The van der Waals surface area contributed by atoms with E-state index < -0.39 is 12.6 Å². The van der Waals surface area contributed by atoms with E-state index in [1.165, 1.54) is 0 Å². The van der Waals surface area contributed by atoms with Gasteiger partial charge in [0.15, 0.2) is 10.2 Å². The Hall–Kier alpha value is -2.39. The van der Waals surface area contributed by atoms with E-state index in [9.17, 15) is 9.18 Å². The number of H-pyrrole nitrogens is 1. The smallest absolute Gasteiger partial charge is 0.276 e. The summed E-state index contributed by atoms with van der Waals surface area (Å²) in [5.74, 6) is -0.497. The number of amides is 1. The quantitative estimate of drug-likeness (QED) is 0.453. The molecule has 2 heterocycles. The van der Waals surface area contributed by atoms with E-state index in [1.807, 2.05) is 49.3 Å². The monoisotopic (exact) mass is 418 g/mol. The van der Waals surface area contributed by atoms with Crippen LogP contribution in [0, 0.1) is 10.8 Å². The number of amidine groups is 1. The molecule has 1 saturated heterocycles. The Morgan fingerprint density at radius 3 is 2.90 bits per heavy atom. The van der Waals surface area contributed by atoms with E-state index in [1.54, 1.807) is 4.90 Å². The van der Waals surface area contributed by atoms with Crippen LogP contribution in [0.25, 0.3) is 10.9 Å². The molecule has 2 aromatic rings. The summed E-state index contributed by atoms with van der Waals surface area (Å²) in [5, 5.41) is 20.1. The van der Waals surface area contributed by atoms with Crippen molar-refractivity contribution >= 4 is 38.8 Å². The van der Waals surface area contributed by atoms with Gasteiger partial charge in [-0.25, -0.2) is 4.39 Å². The van der Waals surface area contributed by atoms with Gasteiger partial charge in [0, 0.05) is 42.8 Å². The molecule has 1 aliphatic heterocycles. The lowest BCUT2D eigenvalue weighted by Gasteiger charge is -2.38. The molecule has 29 heavy (non-hydrogen) atoms. The van der Waals surface area contributed by atoms with E-state index in [4.69, 9.17) is 10.8 Å². The van der Waals surface area contributed by atoms with Crippen LogP contribution in [0.4, 0.5) is 4.39 Å². The number of hydrogen-bond donors (Lipinski definition) is 4. The highest BCUT2D eigenvalue weighted by atomic mass is 32.2. The maximum atomic E-state index is 13.1. The number of benzene rings is 1. The van der Waals surface area contributed by atoms with Crippen LogP contribution in [0.5, 0.6) is 0 Å². The Morgan fingerprint density at radius 1 is 1.38 bits per heavy atom. The van der Waals surface area contributed by atoms with Crippen molar-refractivity contribution in [2.45, 2.75) is 25.4 Å². The number of carbonyl (C=O) groups excluding carboxylic acids is 1. The summed E-state index contributed by atoms with van der Waals surface area (Å²) in [6, 6.07) is 7.58. The zero-order chi connectivity index (χ0) is 21.0. The highest BCUT2D eigenvalue weighted by Crippen LogP contribution is 2.19. The second-order valence-electron chi connectivity index (χ2n) is 7.41. The van der Waals surface area contributed by atoms with Crippen LogP contribution >= 0.6 is 11.8 Å². The van der Waals surface area contributed by atoms with Gasteiger partial charge in [0.05, 0.1) is 6.04 Å². The molecule has 2 unspecified atom stereocenters. The maximum Gasteiger partial charge on any atom is 0.276 e. The van der Waals surface area contributed by atoms with Crippen molar-refractivity contribution in [1.82, 2.24) is 20.1 Å².